The summed E-state index contributed by atoms with van der Waals surface area (Å²) in [6.07, 6.45) is 5.77. The van der Waals surface area contributed by atoms with Gasteiger partial charge in [-0.25, -0.2) is 9.97 Å². The molecule has 3 atom stereocenters. The minimum Gasteiger partial charge on any atom is -0.370 e. The third-order valence-corrected chi connectivity index (χ3v) is 4.59. The van der Waals surface area contributed by atoms with Gasteiger partial charge in [-0.3, -0.25) is 0 Å². The van der Waals surface area contributed by atoms with Crippen molar-refractivity contribution in [3.05, 3.63) is 11.9 Å². The summed E-state index contributed by atoms with van der Waals surface area (Å²) in [5, 5.41) is 7.00. The fourth-order valence-corrected chi connectivity index (χ4v) is 2.96. The molecule has 21 heavy (non-hydrogen) atoms. The standard InChI is InChI=1S/C17H30N4/c1-5-9-18-16-11-17(21-15(6-2)20-16)19-14-8-7-12(3)13(4)10-14/h11-14H,5-10H2,1-4H3,(H2,18,19,20,21). The van der Waals surface area contributed by atoms with Crippen LogP contribution in [0.4, 0.5) is 11.6 Å². The molecule has 1 aliphatic rings. The van der Waals surface area contributed by atoms with Crippen molar-refractivity contribution in [1.29, 1.82) is 0 Å². The maximum Gasteiger partial charge on any atom is 0.132 e. The first kappa shape index (κ1) is 16.1. The molecule has 1 aromatic rings. The zero-order valence-corrected chi connectivity index (χ0v) is 13.9. The fourth-order valence-electron chi connectivity index (χ4n) is 2.96. The second-order valence-corrected chi connectivity index (χ2v) is 6.44. The summed E-state index contributed by atoms with van der Waals surface area (Å²) < 4.78 is 0. The molecule has 4 heteroatoms. The summed E-state index contributed by atoms with van der Waals surface area (Å²) >= 11 is 0. The van der Waals surface area contributed by atoms with Crippen molar-refractivity contribution in [2.24, 2.45) is 11.8 Å². The molecule has 0 aromatic carbocycles. The Morgan fingerprint density at radius 2 is 1.86 bits per heavy atom. The van der Waals surface area contributed by atoms with Crippen molar-refractivity contribution in [3.8, 4) is 0 Å². The third kappa shape index (κ3) is 4.58. The SMILES string of the molecule is CCCNc1cc(NC2CCC(C)C(C)C2)nc(CC)n1. The normalized spacial score (nSPS) is 25.6. The van der Waals surface area contributed by atoms with Crippen LogP contribution < -0.4 is 10.6 Å². The van der Waals surface area contributed by atoms with Crippen molar-refractivity contribution in [2.75, 3.05) is 17.2 Å². The average Bonchev–Trinajstić information content (AvgIpc) is 2.48. The Morgan fingerprint density at radius 1 is 1.10 bits per heavy atom. The van der Waals surface area contributed by atoms with Crippen LogP contribution in [0.5, 0.6) is 0 Å². The highest BCUT2D eigenvalue weighted by atomic mass is 15.1. The van der Waals surface area contributed by atoms with Crippen LogP contribution in [0.1, 0.15) is 59.2 Å². The van der Waals surface area contributed by atoms with E-state index in [4.69, 9.17) is 0 Å². The van der Waals surface area contributed by atoms with E-state index in [1.54, 1.807) is 0 Å². The minimum absolute atomic E-state index is 0.551. The van der Waals surface area contributed by atoms with Crippen LogP contribution in [0.25, 0.3) is 0 Å². The number of nitrogens with zero attached hydrogens (tertiary/aromatic N) is 2. The lowest BCUT2D eigenvalue weighted by molar-refractivity contribution is 0.260. The number of hydrogen-bond acceptors (Lipinski definition) is 4. The Hall–Kier alpha value is -1.32. The largest absolute Gasteiger partial charge is 0.370 e. The Kier molecular flexibility index (Phi) is 5.83. The molecule has 118 valence electrons. The third-order valence-electron chi connectivity index (χ3n) is 4.59. The van der Waals surface area contributed by atoms with Crippen molar-refractivity contribution in [1.82, 2.24) is 9.97 Å². The smallest absolute Gasteiger partial charge is 0.132 e. The summed E-state index contributed by atoms with van der Waals surface area (Å²) in [4.78, 5) is 9.18. The molecule has 2 N–H and O–H groups in total. The lowest BCUT2D eigenvalue weighted by Crippen LogP contribution is -2.30. The molecule has 0 aliphatic heterocycles. The molecule has 1 saturated carbocycles. The van der Waals surface area contributed by atoms with Crippen molar-refractivity contribution < 1.29 is 0 Å². The molecule has 2 rings (SSSR count). The van der Waals surface area contributed by atoms with Gasteiger partial charge in [-0.2, -0.15) is 0 Å². The van der Waals surface area contributed by atoms with Crippen LogP contribution in [-0.4, -0.2) is 22.6 Å². The molecule has 0 radical (unpaired) electrons. The summed E-state index contributed by atoms with van der Waals surface area (Å²) in [7, 11) is 0. The van der Waals surface area contributed by atoms with Crippen LogP contribution >= 0.6 is 0 Å². The lowest BCUT2D eigenvalue weighted by atomic mass is 9.79. The van der Waals surface area contributed by atoms with E-state index in [-0.39, 0.29) is 0 Å². The first-order chi connectivity index (χ1) is 10.1. The molecule has 1 aromatic heterocycles. The van der Waals surface area contributed by atoms with E-state index in [9.17, 15) is 0 Å². The molecule has 3 unspecified atom stereocenters. The van der Waals surface area contributed by atoms with Crippen LogP contribution in [0.15, 0.2) is 6.07 Å². The predicted octanol–water partition coefficient (Wildman–Crippen LogP) is 4.10. The Labute approximate surface area is 129 Å². The summed E-state index contributed by atoms with van der Waals surface area (Å²) in [6, 6.07) is 2.60. The molecule has 0 spiro atoms. The quantitative estimate of drug-likeness (QED) is 0.828. The highest BCUT2D eigenvalue weighted by molar-refractivity contribution is 5.48. The number of nitrogens with one attached hydrogen (secondary N) is 2. The van der Waals surface area contributed by atoms with Gasteiger partial charge in [0.2, 0.25) is 0 Å². The van der Waals surface area contributed by atoms with E-state index in [1.165, 1.54) is 19.3 Å². The molecule has 1 fully saturated rings. The molecular weight excluding hydrogens is 260 g/mol. The average molecular weight is 290 g/mol. The van der Waals surface area contributed by atoms with Crippen molar-refractivity contribution in [3.63, 3.8) is 0 Å². The number of aryl methyl sites for hydroxylation is 1. The maximum absolute atomic E-state index is 4.64. The van der Waals surface area contributed by atoms with E-state index < -0.39 is 0 Å². The number of aromatic nitrogens is 2. The van der Waals surface area contributed by atoms with Gasteiger partial charge >= 0.3 is 0 Å². The van der Waals surface area contributed by atoms with E-state index in [1.807, 2.05) is 0 Å². The number of rotatable bonds is 6. The lowest BCUT2D eigenvalue weighted by Gasteiger charge is -2.32. The highest BCUT2D eigenvalue weighted by Crippen LogP contribution is 2.31. The molecule has 4 nitrogen and oxygen atoms in total. The topological polar surface area (TPSA) is 49.8 Å². The minimum atomic E-state index is 0.551. The van der Waals surface area contributed by atoms with Gasteiger partial charge in [-0.1, -0.05) is 27.7 Å². The van der Waals surface area contributed by atoms with Gasteiger partial charge in [-0.05, 0) is 37.5 Å². The van der Waals surface area contributed by atoms with Gasteiger partial charge in [0.25, 0.3) is 0 Å². The second-order valence-electron chi connectivity index (χ2n) is 6.44. The van der Waals surface area contributed by atoms with Gasteiger partial charge in [0.15, 0.2) is 0 Å². The molecule has 1 aliphatic carbocycles. The Morgan fingerprint density at radius 3 is 2.52 bits per heavy atom. The number of hydrogen-bond donors (Lipinski definition) is 2. The monoisotopic (exact) mass is 290 g/mol. The van der Waals surface area contributed by atoms with Crippen LogP contribution in [0.3, 0.4) is 0 Å². The van der Waals surface area contributed by atoms with E-state index in [0.717, 1.165) is 48.7 Å². The zero-order chi connectivity index (χ0) is 15.2. The van der Waals surface area contributed by atoms with Crippen molar-refractivity contribution >= 4 is 11.6 Å². The number of anilines is 2. The molecular formula is C17H30N4. The summed E-state index contributed by atoms with van der Waals surface area (Å²) in [5.74, 6) is 4.48. The first-order valence-corrected chi connectivity index (χ1v) is 8.50. The van der Waals surface area contributed by atoms with Crippen LogP contribution in [0.2, 0.25) is 0 Å². The zero-order valence-electron chi connectivity index (χ0n) is 13.9. The fraction of sp³-hybridized carbons (Fsp3) is 0.765. The maximum atomic E-state index is 4.64. The van der Waals surface area contributed by atoms with Gasteiger partial charge in [0.05, 0.1) is 0 Å². The van der Waals surface area contributed by atoms with Gasteiger partial charge in [0, 0.05) is 25.1 Å². The van der Waals surface area contributed by atoms with E-state index in [0.29, 0.717) is 6.04 Å². The second kappa shape index (κ2) is 7.62. The Bertz CT molecular complexity index is 446. The summed E-state index contributed by atoms with van der Waals surface area (Å²) in [5.41, 5.74) is 0. The molecule has 0 bridgehead atoms. The van der Waals surface area contributed by atoms with Gasteiger partial charge in [-0.15, -0.1) is 0 Å². The van der Waals surface area contributed by atoms with Gasteiger partial charge in [0.1, 0.15) is 17.5 Å². The molecule has 1 heterocycles. The van der Waals surface area contributed by atoms with E-state index in [2.05, 4.69) is 54.4 Å². The van der Waals surface area contributed by atoms with Gasteiger partial charge < -0.3 is 10.6 Å². The first-order valence-electron chi connectivity index (χ1n) is 8.50. The van der Waals surface area contributed by atoms with Crippen LogP contribution in [0, 0.1) is 11.8 Å². The molecule has 0 amide bonds. The van der Waals surface area contributed by atoms with E-state index >= 15 is 0 Å². The molecule has 0 saturated heterocycles. The van der Waals surface area contributed by atoms with Crippen LogP contribution in [-0.2, 0) is 6.42 Å². The van der Waals surface area contributed by atoms with Crippen molar-refractivity contribution in [2.45, 2.75) is 65.8 Å². The Balaban J connectivity index is 2.04. The highest BCUT2D eigenvalue weighted by Gasteiger charge is 2.24. The predicted molar refractivity (Wildman–Crippen MR) is 89.8 cm³/mol. The summed E-state index contributed by atoms with van der Waals surface area (Å²) in [6.45, 7) is 9.96.